The molecule has 0 aliphatic carbocycles. The van der Waals surface area contributed by atoms with E-state index in [0.717, 1.165) is 11.1 Å². The van der Waals surface area contributed by atoms with Gasteiger partial charge in [0.1, 0.15) is 17.8 Å². The Balaban J connectivity index is 1.90. The number of rotatable bonds is 4. The van der Waals surface area contributed by atoms with E-state index in [1.807, 2.05) is 18.2 Å². The highest BCUT2D eigenvalue weighted by atomic mass is 16.5. The Morgan fingerprint density at radius 2 is 2.09 bits per heavy atom. The molecule has 0 unspecified atom stereocenters. The van der Waals surface area contributed by atoms with Crippen molar-refractivity contribution in [2.75, 3.05) is 7.11 Å². The maximum Gasteiger partial charge on any atom is 0.246 e. The van der Waals surface area contributed by atoms with Crippen LogP contribution in [0.3, 0.4) is 0 Å². The molecule has 1 fully saturated rings. The van der Waals surface area contributed by atoms with E-state index in [9.17, 15) is 14.7 Å². The van der Waals surface area contributed by atoms with Gasteiger partial charge in [-0.25, -0.2) is 0 Å². The summed E-state index contributed by atoms with van der Waals surface area (Å²) < 4.78 is 5.36. The summed E-state index contributed by atoms with van der Waals surface area (Å²) in [6.45, 7) is 0.243. The first-order valence-electron chi connectivity index (χ1n) is 7.66. The topological polar surface area (TPSA) is 78.9 Å². The van der Waals surface area contributed by atoms with E-state index in [-0.39, 0.29) is 18.4 Å². The van der Waals surface area contributed by atoms with Gasteiger partial charge in [-0.05, 0) is 24.5 Å². The number of amides is 2. The minimum atomic E-state index is -0.488. The summed E-state index contributed by atoms with van der Waals surface area (Å²) in [5, 5.41) is 12.0. The predicted octanol–water partition coefficient (Wildman–Crippen LogP) is 0.733. The molecule has 3 aliphatic rings. The van der Waals surface area contributed by atoms with Crippen molar-refractivity contribution in [3.8, 4) is 5.75 Å². The zero-order valence-electron chi connectivity index (χ0n) is 13.0. The molecule has 0 radical (unpaired) electrons. The van der Waals surface area contributed by atoms with Crippen molar-refractivity contribution in [3.05, 3.63) is 41.5 Å². The molecule has 0 spiro atoms. The Labute approximate surface area is 134 Å². The van der Waals surface area contributed by atoms with Crippen LogP contribution in [0.1, 0.15) is 24.0 Å². The average Bonchev–Trinajstić information content (AvgIpc) is 2.55. The first-order chi connectivity index (χ1) is 11.1. The van der Waals surface area contributed by atoms with Crippen LogP contribution in [0.5, 0.6) is 5.75 Å². The summed E-state index contributed by atoms with van der Waals surface area (Å²) in [5.41, 5.74) is 1.56. The Bertz CT molecular complexity index is 656. The van der Waals surface area contributed by atoms with Crippen LogP contribution in [0.15, 0.2) is 30.4 Å². The molecule has 1 aromatic rings. The first-order valence-corrected chi connectivity index (χ1v) is 7.66. The van der Waals surface area contributed by atoms with Gasteiger partial charge in [-0.15, -0.1) is 0 Å². The van der Waals surface area contributed by atoms with Gasteiger partial charge in [-0.1, -0.05) is 24.3 Å². The monoisotopic (exact) mass is 316 g/mol. The van der Waals surface area contributed by atoms with Gasteiger partial charge in [0.15, 0.2) is 0 Å². The Morgan fingerprint density at radius 3 is 2.83 bits per heavy atom. The number of carbonyl (C=O) groups is 2. The highest BCUT2D eigenvalue weighted by molar-refractivity contribution is 5.97. The highest BCUT2D eigenvalue weighted by Crippen LogP contribution is 2.26. The molecule has 2 bridgehead atoms. The first kappa shape index (κ1) is 15.6. The molecule has 2 atom stereocenters. The standard InChI is InChI=1S/C17H20N2O4/c1-23-15-8-11(10-20)6-7-12(15)9-19-14-5-3-2-4-13(17(19)22)18-16(14)21/h2-3,6-8,13-14,20H,4-5,9-10H2,1H3,(H,18,21)/b3-2-/t13-,14-/m0/s1. The number of ether oxygens (including phenoxy) is 1. The number of aliphatic hydroxyl groups is 1. The van der Waals surface area contributed by atoms with Crippen molar-refractivity contribution in [2.24, 2.45) is 0 Å². The minimum Gasteiger partial charge on any atom is -0.496 e. The molecule has 0 saturated carbocycles. The van der Waals surface area contributed by atoms with Crippen molar-refractivity contribution in [3.63, 3.8) is 0 Å². The second-order valence-corrected chi connectivity index (χ2v) is 5.79. The van der Waals surface area contributed by atoms with Gasteiger partial charge < -0.3 is 20.1 Å². The molecule has 3 aliphatic heterocycles. The minimum absolute atomic E-state index is 0.0627. The Kier molecular flexibility index (Phi) is 4.34. The largest absolute Gasteiger partial charge is 0.496 e. The summed E-state index contributed by atoms with van der Waals surface area (Å²) in [5.74, 6) is 0.440. The number of fused-ring (bicyclic) bond motifs is 4. The van der Waals surface area contributed by atoms with Crippen LogP contribution in [0.2, 0.25) is 0 Å². The lowest BCUT2D eigenvalue weighted by Crippen LogP contribution is -2.63. The fourth-order valence-corrected chi connectivity index (χ4v) is 3.07. The number of benzene rings is 1. The zero-order chi connectivity index (χ0) is 16.4. The molecule has 1 aromatic carbocycles. The third kappa shape index (κ3) is 2.94. The maximum absolute atomic E-state index is 12.6. The number of nitrogens with zero attached hydrogens (tertiary/aromatic N) is 1. The number of hydrogen-bond donors (Lipinski definition) is 2. The quantitative estimate of drug-likeness (QED) is 0.803. The Hall–Kier alpha value is -2.34. The SMILES string of the molecule is COc1cc(CO)ccc1CN1C(=O)[C@@H]2C/C=C\C[C@H]1C(=O)N2. The third-order valence-electron chi connectivity index (χ3n) is 4.35. The lowest BCUT2D eigenvalue weighted by Gasteiger charge is -2.39. The van der Waals surface area contributed by atoms with Crippen molar-refractivity contribution in [1.29, 1.82) is 0 Å². The van der Waals surface area contributed by atoms with Gasteiger partial charge in [-0.2, -0.15) is 0 Å². The number of nitrogens with one attached hydrogen (secondary N) is 1. The zero-order valence-corrected chi connectivity index (χ0v) is 13.0. The lowest BCUT2D eigenvalue weighted by atomic mass is 9.97. The third-order valence-corrected chi connectivity index (χ3v) is 4.35. The normalized spacial score (nSPS) is 24.9. The predicted molar refractivity (Wildman–Crippen MR) is 83.6 cm³/mol. The van der Waals surface area contributed by atoms with Crippen LogP contribution in [-0.4, -0.2) is 41.0 Å². The van der Waals surface area contributed by atoms with Gasteiger partial charge in [0.2, 0.25) is 11.8 Å². The van der Waals surface area contributed by atoms with Crippen LogP contribution in [0.25, 0.3) is 0 Å². The molecule has 1 saturated heterocycles. The van der Waals surface area contributed by atoms with Crippen LogP contribution in [-0.2, 0) is 22.7 Å². The average molecular weight is 316 g/mol. The summed E-state index contributed by atoms with van der Waals surface area (Å²) >= 11 is 0. The fourth-order valence-electron chi connectivity index (χ4n) is 3.07. The van der Waals surface area contributed by atoms with E-state index < -0.39 is 12.1 Å². The van der Waals surface area contributed by atoms with Crippen LogP contribution in [0.4, 0.5) is 0 Å². The van der Waals surface area contributed by atoms with Crippen molar-refractivity contribution < 1.29 is 19.4 Å². The molecular formula is C17H20N2O4. The van der Waals surface area contributed by atoms with Gasteiger partial charge in [0.25, 0.3) is 0 Å². The van der Waals surface area contributed by atoms with Crippen LogP contribution in [0, 0.1) is 0 Å². The molecule has 2 N–H and O–H groups in total. The van der Waals surface area contributed by atoms with Crippen molar-refractivity contribution in [2.45, 2.75) is 38.1 Å². The van der Waals surface area contributed by atoms with E-state index >= 15 is 0 Å². The molecule has 122 valence electrons. The summed E-state index contributed by atoms with van der Waals surface area (Å²) in [7, 11) is 1.55. The molecule has 3 heterocycles. The van der Waals surface area contributed by atoms with E-state index in [1.165, 1.54) is 0 Å². The van der Waals surface area contributed by atoms with Gasteiger partial charge >= 0.3 is 0 Å². The number of aliphatic hydroxyl groups excluding tert-OH is 1. The summed E-state index contributed by atoms with van der Waals surface area (Å²) in [4.78, 5) is 26.5. The summed E-state index contributed by atoms with van der Waals surface area (Å²) in [6.07, 6.45) is 4.95. The lowest BCUT2D eigenvalue weighted by molar-refractivity contribution is -0.150. The second kappa shape index (κ2) is 6.42. The fraction of sp³-hybridized carbons (Fsp3) is 0.412. The molecule has 4 rings (SSSR count). The van der Waals surface area contributed by atoms with Gasteiger partial charge in [0, 0.05) is 5.56 Å². The van der Waals surface area contributed by atoms with Crippen LogP contribution >= 0.6 is 0 Å². The molecule has 0 aromatic heterocycles. The highest BCUT2D eigenvalue weighted by Gasteiger charge is 2.40. The smallest absolute Gasteiger partial charge is 0.246 e. The molecule has 2 amide bonds. The molecule has 23 heavy (non-hydrogen) atoms. The second-order valence-electron chi connectivity index (χ2n) is 5.79. The number of methoxy groups -OCH3 is 1. The number of piperazine rings is 1. The van der Waals surface area contributed by atoms with E-state index in [4.69, 9.17) is 4.74 Å². The van der Waals surface area contributed by atoms with Crippen molar-refractivity contribution >= 4 is 11.8 Å². The van der Waals surface area contributed by atoms with E-state index in [1.54, 1.807) is 24.1 Å². The van der Waals surface area contributed by atoms with E-state index in [0.29, 0.717) is 25.1 Å². The molecule has 6 nitrogen and oxygen atoms in total. The Morgan fingerprint density at radius 1 is 1.30 bits per heavy atom. The van der Waals surface area contributed by atoms with Gasteiger partial charge in [0.05, 0.1) is 20.3 Å². The number of hydrogen-bond acceptors (Lipinski definition) is 4. The molecule has 6 heteroatoms. The number of carbonyl (C=O) groups excluding carboxylic acids is 2. The summed E-state index contributed by atoms with van der Waals surface area (Å²) in [6, 6.07) is 4.40. The van der Waals surface area contributed by atoms with E-state index in [2.05, 4.69) is 5.32 Å². The maximum atomic E-state index is 12.6. The van der Waals surface area contributed by atoms with Gasteiger partial charge in [-0.3, -0.25) is 9.59 Å². The van der Waals surface area contributed by atoms with Crippen LogP contribution < -0.4 is 10.1 Å². The molecular weight excluding hydrogens is 296 g/mol. The van der Waals surface area contributed by atoms with Crippen molar-refractivity contribution in [1.82, 2.24) is 10.2 Å².